The van der Waals surface area contributed by atoms with Gasteiger partial charge < -0.3 is 31.4 Å². The highest BCUT2D eigenvalue weighted by Gasteiger charge is 2.04. The van der Waals surface area contributed by atoms with Crippen molar-refractivity contribution in [2.45, 2.75) is 0 Å². The molecule has 0 spiro atoms. The molecule has 0 heterocycles. The minimum atomic E-state index is 0.441. The van der Waals surface area contributed by atoms with Crippen molar-refractivity contribution in [3.8, 4) is 17.2 Å². The lowest BCUT2D eigenvalue weighted by Crippen LogP contribution is -2.13. The Morgan fingerprint density at radius 1 is 0.611 bits per heavy atom. The first kappa shape index (κ1) is 14.6. The molecule has 6 nitrogen and oxygen atoms in total. The quantitative estimate of drug-likeness (QED) is 0.559. The molecule has 6 N–H and O–H groups in total. The van der Waals surface area contributed by atoms with Gasteiger partial charge >= 0.3 is 0 Å². The van der Waals surface area contributed by atoms with Crippen molar-refractivity contribution >= 4 is 0 Å². The van der Waals surface area contributed by atoms with Gasteiger partial charge in [-0.1, -0.05) is 0 Å². The van der Waals surface area contributed by atoms with Crippen LogP contribution in [0, 0.1) is 0 Å². The highest BCUT2D eigenvalue weighted by Crippen LogP contribution is 2.27. The molecule has 1 rings (SSSR count). The van der Waals surface area contributed by atoms with E-state index in [0.29, 0.717) is 56.7 Å². The molecule has 0 fully saturated rings. The van der Waals surface area contributed by atoms with Crippen LogP contribution in [0.3, 0.4) is 0 Å². The Morgan fingerprint density at radius 3 is 1.11 bits per heavy atom. The number of hydrogen-bond donors (Lipinski definition) is 3. The second-order valence-electron chi connectivity index (χ2n) is 3.55. The fraction of sp³-hybridized carbons (Fsp3) is 0.500. The van der Waals surface area contributed by atoms with Gasteiger partial charge in [-0.25, -0.2) is 0 Å². The highest BCUT2D eigenvalue weighted by molar-refractivity contribution is 5.42. The number of hydrogen-bond acceptors (Lipinski definition) is 6. The fourth-order valence-electron chi connectivity index (χ4n) is 1.33. The summed E-state index contributed by atoms with van der Waals surface area (Å²) in [5.74, 6) is 1.96. The van der Waals surface area contributed by atoms with Crippen molar-refractivity contribution in [2.24, 2.45) is 17.2 Å². The van der Waals surface area contributed by atoms with Gasteiger partial charge in [-0.3, -0.25) is 0 Å². The van der Waals surface area contributed by atoms with E-state index in [1.807, 2.05) is 0 Å². The zero-order valence-corrected chi connectivity index (χ0v) is 10.4. The van der Waals surface area contributed by atoms with Crippen LogP contribution in [0.5, 0.6) is 17.2 Å². The van der Waals surface area contributed by atoms with Gasteiger partial charge in [-0.2, -0.15) is 0 Å². The van der Waals surface area contributed by atoms with Crippen molar-refractivity contribution < 1.29 is 14.2 Å². The van der Waals surface area contributed by atoms with E-state index in [4.69, 9.17) is 31.4 Å². The molecule has 6 heteroatoms. The monoisotopic (exact) mass is 255 g/mol. The summed E-state index contributed by atoms with van der Waals surface area (Å²) < 4.78 is 16.3. The summed E-state index contributed by atoms with van der Waals surface area (Å²) in [4.78, 5) is 0. The van der Waals surface area contributed by atoms with Crippen LogP contribution >= 0.6 is 0 Å². The van der Waals surface area contributed by atoms with Crippen molar-refractivity contribution in [1.82, 2.24) is 0 Å². The van der Waals surface area contributed by atoms with E-state index in [0.717, 1.165) is 0 Å². The first-order chi connectivity index (χ1) is 8.80. The van der Waals surface area contributed by atoms with E-state index < -0.39 is 0 Å². The number of benzene rings is 1. The summed E-state index contributed by atoms with van der Waals surface area (Å²) in [6.07, 6.45) is 0. The summed E-state index contributed by atoms with van der Waals surface area (Å²) in [5.41, 5.74) is 16.2. The predicted molar refractivity (Wildman–Crippen MR) is 70.1 cm³/mol. The van der Waals surface area contributed by atoms with Crippen LogP contribution in [0.25, 0.3) is 0 Å². The Bertz CT molecular complexity index is 283. The van der Waals surface area contributed by atoms with Crippen LogP contribution < -0.4 is 31.4 Å². The predicted octanol–water partition coefficient (Wildman–Crippen LogP) is -0.301. The molecule has 0 amide bonds. The summed E-state index contributed by atoms with van der Waals surface area (Å²) in [7, 11) is 0. The topological polar surface area (TPSA) is 106 Å². The van der Waals surface area contributed by atoms with Crippen LogP contribution in [-0.4, -0.2) is 39.5 Å². The zero-order chi connectivity index (χ0) is 13.2. The van der Waals surface area contributed by atoms with E-state index in [-0.39, 0.29) is 0 Å². The highest BCUT2D eigenvalue weighted by atomic mass is 16.5. The van der Waals surface area contributed by atoms with Crippen molar-refractivity contribution in [1.29, 1.82) is 0 Å². The van der Waals surface area contributed by atoms with E-state index in [1.54, 1.807) is 18.2 Å². The minimum absolute atomic E-state index is 0.441. The van der Waals surface area contributed by atoms with Crippen LogP contribution in [0.1, 0.15) is 0 Å². The molecule has 0 atom stereocenters. The Labute approximate surface area is 107 Å². The summed E-state index contributed by atoms with van der Waals surface area (Å²) >= 11 is 0. The smallest absolute Gasteiger partial charge is 0.126 e. The standard InChI is InChI=1S/C12H21N3O3/c13-1-4-16-10-7-11(17-5-2-14)9-12(8-10)18-6-3-15/h7-9H,1-6,13-15H2. The average Bonchev–Trinajstić information content (AvgIpc) is 2.40. The molecular formula is C12H21N3O3. The molecule has 102 valence electrons. The first-order valence-corrected chi connectivity index (χ1v) is 5.94. The molecule has 0 aliphatic heterocycles. The molecule has 1 aromatic rings. The van der Waals surface area contributed by atoms with Gasteiger partial charge in [0.2, 0.25) is 0 Å². The number of nitrogens with two attached hydrogens (primary N) is 3. The second-order valence-corrected chi connectivity index (χ2v) is 3.55. The minimum Gasteiger partial charge on any atom is -0.492 e. The average molecular weight is 255 g/mol. The lowest BCUT2D eigenvalue weighted by atomic mass is 10.3. The molecule has 0 saturated heterocycles. The van der Waals surface area contributed by atoms with Gasteiger partial charge in [0.15, 0.2) is 0 Å². The molecule has 0 aliphatic carbocycles. The van der Waals surface area contributed by atoms with Gasteiger partial charge in [-0.15, -0.1) is 0 Å². The van der Waals surface area contributed by atoms with Gasteiger partial charge in [0.1, 0.15) is 37.1 Å². The van der Waals surface area contributed by atoms with Crippen LogP contribution in [0.2, 0.25) is 0 Å². The third-order valence-corrected chi connectivity index (χ3v) is 2.01. The zero-order valence-electron chi connectivity index (χ0n) is 10.4. The third-order valence-electron chi connectivity index (χ3n) is 2.01. The molecule has 0 saturated carbocycles. The molecule has 0 unspecified atom stereocenters. The maximum atomic E-state index is 5.45. The number of ether oxygens (including phenoxy) is 3. The van der Waals surface area contributed by atoms with E-state index in [1.165, 1.54) is 0 Å². The van der Waals surface area contributed by atoms with Crippen molar-refractivity contribution in [3.63, 3.8) is 0 Å². The Hall–Kier alpha value is -1.50. The fourth-order valence-corrected chi connectivity index (χ4v) is 1.33. The lowest BCUT2D eigenvalue weighted by Gasteiger charge is -2.12. The van der Waals surface area contributed by atoms with E-state index in [2.05, 4.69) is 0 Å². The molecule has 1 aromatic carbocycles. The van der Waals surface area contributed by atoms with Crippen LogP contribution in [0.4, 0.5) is 0 Å². The van der Waals surface area contributed by atoms with Crippen LogP contribution in [0.15, 0.2) is 18.2 Å². The Kier molecular flexibility index (Phi) is 6.93. The van der Waals surface area contributed by atoms with Gasteiger partial charge in [0, 0.05) is 37.8 Å². The Morgan fingerprint density at radius 2 is 0.889 bits per heavy atom. The maximum absolute atomic E-state index is 5.45. The summed E-state index contributed by atoms with van der Waals surface area (Å²) in [6.45, 7) is 2.68. The second kappa shape index (κ2) is 8.57. The molecule has 0 bridgehead atoms. The molecule has 0 radical (unpaired) electrons. The molecule has 0 aromatic heterocycles. The normalized spacial score (nSPS) is 10.2. The molecule has 0 aliphatic rings. The summed E-state index contributed by atoms with van der Waals surface area (Å²) in [5, 5.41) is 0. The first-order valence-electron chi connectivity index (χ1n) is 5.94. The van der Waals surface area contributed by atoms with E-state index >= 15 is 0 Å². The number of rotatable bonds is 9. The molecule has 18 heavy (non-hydrogen) atoms. The van der Waals surface area contributed by atoms with Crippen molar-refractivity contribution in [3.05, 3.63) is 18.2 Å². The molecular weight excluding hydrogens is 234 g/mol. The van der Waals surface area contributed by atoms with E-state index in [9.17, 15) is 0 Å². The third kappa shape index (κ3) is 5.22. The summed E-state index contributed by atoms with van der Waals surface area (Å²) in [6, 6.07) is 5.34. The largest absolute Gasteiger partial charge is 0.492 e. The SMILES string of the molecule is NCCOc1cc(OCCN)cc(OCCN)c1. The van der Waals surface area contributed by atoms with Crippen LogP contribution in [-0.2, 0) is 0 Å². The Balaban J connectivity index is 2.74. The van der Waals surface area contributed by atoms with Gasteiger partial charge in [0.05, 0.1) is 0 Å². The lowest BCUT2D eigenvalue weighted by molar-refractivity contribution is 0.296. The van der Waals surface area contributed by atoms with Gasteiger partial charge in [0.25, 0.3) is 0 Å². The maximum Gasteiger partial charge on any atom is 0.126 e. The van der Waals surface area contributed by atoms with Crippen molar-refractivity contribution in [2.75, 3.05) is 39.5 Å². The van der Waals surface area contributed by atoms with Gasteiger partial charge in [-0.05, 0) is 0 Å².